The molecule has 0 fully saturated rings. The van der Waals surface area contributed by atoms with E-state index in [4.69, 9.17) is 20.9 Å². The van der Waals surface area contributed by atoms with Crippen LogP contribution in [0, 0.1) is 5.41 Å². The maximum atomic E-state index is 13.1. The molecule has 0 aliphatic carbocycles. The fourth-order valence-corrected chi connectivity index (χ4v) is 4.50. The number of ether oxygens (including phenoxy) is 1. The first kappa shape index (κ1) is 28.2. The number of hydrogen-bond acceptors (Lipinski definition) is 6. The van der Waals surface area contributed by atoms with Crippen molar-refractivity contribution in [2.24, 2.45) is 12.8 Å². The van der Waals surface area contributed by atoms with E-state index in [1.54, 1.807) is 23.6 Å². The van der Waals surface area contributed by atoms with E-state index < -0.39 is 0 Å². The second-order valence-corrected chi connectivity index (χ2v) is 8.91. The molecule has 0 saturated carbocycles. The number of thioether (sulfide) groups is 1. The van der Waals surface area contributed by atoms with Gasteiger partial charge in [-0.15, -0.1) is 24.2 Å². The molecule has 35 heavy (non-hydrogen) atoms. The monoisotopic (exact) mass is 517 g/mol. The maximum Gasteiger partial charge on any atom is 0.307 e. The van der Waals surface area contributed by atoms with Gasteiger partial charge in [0.15, 0.2) is 0 Å². The number of aryl methyl sites for hydroxylation is 1. The minimum atomic E-state index is -0.297. The molecule has 0 atom stereocenters. The van der Waals surface area contributed by atoms with Crippen LogP contribution < -0.4 is 5.73 Å². The highest BCUT2D eigenvalue weighted by Gasteiger charge is 2.18. The van der Waals surface area contributed by atoms with Gasteiger partial charge in [-0.3, -0.25) is 15.0 Å². The Morgan fingerprint density at radius 1 is 1.11 bits per heavy atom. The Morgan fingerprint density at radius 3 is 2.43 bits per heavy atom. The molecular weight excluding hydrogens is 486 g/mol. The number of nitrogens with one attached hydrogen (secondary N) is 1. The van der Waals surface area contributed by atoms with Crippen molar-refractivity contribution in [3.63, 3.8) is 0 Å². The summed E-state index contributed by atoms with van der Waals surface area (Å²) >= 11 is 1.64. The third kappa shape index (κ3) is 7.22. The lowest BCUT2D eigenvalue weighted by atomic mass is 10.1. The van der Waals surface area contributed by atoms with Crippen molar-refractivity contribution in [2.75, 3.05) is 19.7 Å². The van der Waals surface area contributed by atoms with Gasteiger partial charge in [0.1, 0.15) is 11.7 Å². The molecular formula is C25H32ClN5O3S. The predicted molar refractivity (Wildman–Crippen MR) is 142 cm³/mol. The van der Waals surface area contributed by atoms with Gasteiger partial charge in [-0.05, 0) is 43.7 Å². The Kier molecular flexibility index (Phi) is 10.6. The first-order valence-electron chi connectivity index (χ1n) is 11.3. The van der Waals surface area contributed by atoms with Crippen molar-refractivity contribution in [1.29, 1.82) is 5.41 Å². The molecule has 0 spiro atoms. The van der Waals surface area contributed by atoms with Crippen molar-refractivity contribution < 1.29 is 14.3 Å². The number of imidazole rings is 1. The Balaban J connectivity index is 0.00000432. The van der Waals surface area contributed by atoms with Gasteiger partial charge in [0, 0.05) is 36.2 Å². The number of rotatable bonds is 11. The smallest absolute Gasteiger partial charge is 0.307 e. The number of benzene rings is 2. The van der Waals surface area contributed by atoms with E-state index in [2.05, 4.69) is 0 Å². The summed E-state index contributed by atoms with van der Waals surface area (Å²) in [6.45, 7) is 5.01. The van der Waals surface area contributed by atoms with Gasteiger partial charge in [-0.25, -0.2) is 4.98 Å². The van der Waals surface area contributed by atoms with Crippen LogP contribution in [0.4, 0.5) is 0 Å². The molecule has 10 heteroatoms. The highest BCUT2D eigenvalue weighted by Crippen LogP contribution is 2.25. The molecule has 1 heterocycles. The van der Waals surface area contributed by atoms with Crippen LogP contribution in [0.2, 0.25) is 0 Å². The zero-order chi connectivity index (χ0) is 24.7. The lowest BCUT2D eigenvalue weighted by molar-refractivity contribution is -0.143. The minimum absolute atomic E-state index is 0. The minimum Gasteiger partial charge on any atom is -0.466 e. The number of amides is 1. The Labute approximate surface area is 216 Å². The number of fused-ring (bicyclic) bond motifs is 1. The Hall–Kier alpha value is -3.04. The summed E-state index contributed by atoms with van der Waals surface area (Å²) in [7, 11) is 1.97. The number of nitrogen functional groups attached to an aromatic ring is 1. The number of nitrogens with zero attached hydrogens (tertiary/aromatic N) is 3. The van der Waals surface area contributed by atoms with E-state index in [1.165, 1.54) is 0 Å². The molecule has 188 valence electrons. The quantitative estimate of drug-likeness (QED) is 0.169. The molecule has 0 saturated heterocycles. The second-order valence-electron chi connectivity index (χ2n) is 7.86. The molecule has 1 aromatic heterocycles. The Bertz CT molecular complexity index is 1180. The van der Waals surface area contributed by atoms with Gasteiger partial charge in [0.25, 0.3) is 5.91 Å². The van der Waals surface area contributed by atoms with E-state index >= 15 is 0 Å². The largest absolute Gasteiger partial charge is 0.466 e. The first-order chi connectivity index (χ1) is 16.3. The van der Waals surface area contributed by atoms with Crippen LogP contribution in [-0.4, -0.2) is 51.9 Å². The summed E-state index contributed by atoms with van der Waals surface area (Å²) in [5, 5.41) is 7.50. The van der Waals surface area contributed by atoms with Gasteiger partial charge in [-0.1, -0.05) is 19.1 Å². The molecule has 2 aromatic carbocycles. The highest BCUT2D eigenvalue weighted by molar-refractivity contribution is 7.98. The summed E-state index contributed by atoms with van der Waals surface area (Å²) in [6.07, 6.45) is 0.981. The summed E-state index contributed by atoms with van der Waals surface area (Å²) in [5.74, 6) is 1.20. The SMILES string of the molecule is CCCN(CCC(=O)OCC)C(=O)c1ccc2c(c1)nc(CSc1ccc(C(=N)N)cc1)n2C.Cl. The first-order valence-corrected chi connectivity index (χ1v) is 12.3. The van der Waals surface area contributed by atoms with E-state index in [0.29, 0.717) is 36.6 Å². The molecule has 1 amide bonds. The third-order valence-electron chi connectivity index (χ3n) is 5.43. The van der Waals surface area contributed by atoms with Gasteiger partial charge in [0.05, 0.1) is 29.8 Å². The number of esters is 1. The fraction of sp³-hybridized carbons (Fsp3) is 0.360. The van der Waals surface area contributed by atoms with Crippen molar-refractivity contribution in [3.8, 4) is 0 Å². The van der Waals surface area contributed by atoms with Crippen LogP contribution in [-0.2, 0) is 22.3 Å². The van der Waals surface area contributed by atoms with Gasteiger partial charge in [-0.2, -0.15) is 0 Å². The highest BCUT2D eigenvalue weighted by atomic mass is 35.5. The van der Waals surface area contributed by atoms with Crippen LogP contribution >= 0.6 is 24.2 Å². The van der Waals surface area contributed by atoms with Gasteiger partial charge in [0.2, 0.25) is 0 Å². The fourth-order valence-electron chi connectivity index (χ4n) is 3.62. The Morgan fingerprint density at radius 2 is 1.80 bits per heavy atom. The summed E-state index contributed by atoms with van der Waals surface area (Å²) in [6, 6.07) is 13.1. The van der Waals surface area contributed by atoms with Crippen LogP contribution in [0.15, 0.2) is 47.4 Å². The average molecular weight is 518 g/mol. The van der Waals surface area contributed by atoms with Gasteiger partial charge < -0.3 is 19.9 Å². The van der Waals surface area contributed by atoms with Crippen molar-refractivity contribution in [3.05, 3.63) is 59.4 Å². The lowest BCUT2D eigenvalue weighted by Crippen LogP contribution is -2.34. The zero-order valence-corrected chi connectivity index (χ0v) is 21.9. The lowest BCUT2D eigenvalue weighted by Gasteiger charge is -2.21. The molecule has 0 bridgehead atoms. The summed E-state index contributed by atoms with van der Waals surface area (Å²) < 4.78 is 7.03. The zero-order valence-electron chi connectivity index (χ0n) is 20.2. The van der Waals surface area contributed by atoms with E-state index in [0.717, 1.165) is 28.2 Å². The number of aromatic nitrogens is 2. The number of carbonyl (C=O) groups is 2. The van der Waals surface area contributed by atoms with Crippen molar-refractivity contribution in [2.45, 2.75) is 37.3 Å². The van der Waals surface area contributed by atoms with Crippen molar-refractivity contribution in [1.82, 2.24) is 14.5 Å². The molecule has 3 rings (SSSR count). The average Bonchev–Trinajstić information content (AvgIpc) is 3.15. The van der Waals surface area contributed by atoms with E-state index in [-0.39, 0.29) is 36.5 Å². The molecule has 0 aliphatic rings. The normalized spacial score (nSPS) is 10.6. The molecule has 3 aromatic rings. The molecule has 0 aliphatic heterocycles. The molecule has 0 unspecified atom stereocenters. The summed E-state index contributed by atoms with van der Waals surface area (Å²) in [4.78, 5) is 32.4. The van der Waals surface area contributed by atoms with Crippen molar-refractivity contribution >= 4 is 52.9 Å². The predicted octanol–water partition coefficient (Wildman–Crippen LogP) is 4.38. The molecule has 3 N–H and O–H groups in total. The maximum absolute atomic E-state index is 13.1. The molecule has 8 nitrogen and oxygen atoms in total. The number of halogens is 1. The van der Waals surface area contributed by atoms with Crippen LogP contribution in [0.25, 0.3) is 11.0 Å². The molecule has 0 radical (unpaired) electrons. The third-order valence-corrected chi connectivity index (χ3v) is 6.43. The van der Waals surface area contributed by atoms with Crippen LogP contribution in [0.1, 0.15) is 48.4 Å². The van der Waals surface area contributed by atoms with Crippen LogP contribution in [0.5, 0.6) is 0 Å². The number of carbonyl (C=O) groups excluding carboxylic acids is 2. The number of hydrogen-bond donors (Lipinski definition) is 2. The number of nitrogens with two attached hydrogens (primary N) is 1. The van der Waals surface area contributed by atoms with Gasteiger partial charge >= 0.3 is 5.97 Å². The van der Waals surface area contributed by atoms with E-state index in [9.17, 15) is 9.59 Å². The number of amidine groups is 1. The van der Waals surface area contributed by atoms with Crippen LogP contribution in [0.3, 0.4) is 0 Å². The second kappa shape index (κ2) is 13.2. The summed E-state index contributed by atoms with van der Waals surface area (Å²) in [5.41, 5.74) is 8.49. The topological polar surface area (TPSA) is 114 Å². The van der Waals surface area contributed by atoms with E-state index in [1.807, 2.05) is 61.0 Å². The standard InChI is InChI=1S/C25H31N5O3S.ClH/c1-4-13-30(14-12-23(31)33-5-2)25(32)18-8-11-21-20(15-18)28-22(29(21)3)16-34-19-9-6-17(7-10-19)24(26)27;/h6-11,15H,4-5,12-14,16H2,1-3H3,(H3,26,27);1H.